The Labute approximate surface area is 170 Å². The number of carbonyl (C=O) groups is 3. The average molecular weight is 410 g/mol. The minimum Gasteiger partial charge on any atom is -0.463 e. The number of carbonyl (C=O) groups excluding carboxylic acids is 3. The van der Waals surface area contributed by atoms with E-state index >= 15 is 0 Å². The number of nitrogens with zero attached hydrogens (tertiary/aromatic N) is 1. The van der Waals surface area contributed by atoms with Crippen LogP contribution in [0.1, 0.15) is 24.8 Å². The Morgan fingerprint density at radius 3 is 2.54 bits per heavy atom. The number of ether oxygens (including phenoxy) is 2. The van der Waals surface area contributed by atoms with Crippen LogP contribution in [0.5, 0.6) is 0 Å². The third-order valence-electron chi connectivity index (χ3n) is 3.67. The third kappa shape index (κ3) is 9.98. The number of hydrogen-bond acceptors (Lipinski definition) is 6. The van der Waals surface area contributed by atoms with Crippen molar-refractivity contribution in [2.45, 2.75) is 25.7 Å². The van der Waals surface area contributed by atoms with Gasteiger partial charge in [0.2, 0.25) is 11.8 Å². The Kier molecular flexibility index (Phi) is 10.7. The highest BCUT2D eigenvalue weighted by atomic mass is 32.1. The summed E-state index contributed by atoms with van der Waals surface area (Å²) < 4.78 is 9.65. The number of methoxy groups -OCH3 is 1. The van der Waals surface area contributed by atoms with E-state index < -0.39 is 5.97 Å². The van der Waals surface area contributed by atoms with Crippen molar-refractivity contribution in [3.8, 4) is 0 Å². The molecule has 0 aliphatic rings. The van der Waals surface area contributed by atoms with Gasteiger partial charge in [-0.25, -0.2) is 0 Å². The number of amides is 2. The summed E-state index contributed by atoms with van der Waals surface area (Å²) in [5.41, 5.74) is 1.69. The number of anilines is 1. The summed E-state index contributed by atoms with van der Waals surface area (Å²) in [5.74, 6) is -0.790. The lowest BCUT2D eigenvalue weighted by Crippen LogP contribution is -2.34. The van der Waals surface area contributed by atoms with Crippen LogP contribution in [0.3, 0.4) is 0 Å². The van der Waals surface area contributed by atoms with Crippen LogP contribution in [0.15, 0.2) is 24.3 Å². The Balaban J connectivity index is 2.40. The molecular weight excluding hydrogens is 382 g/mol. The first-order valence-electron chi connectivity index (χ1n) is 8.86. The maximum absolute atomic E-state index is 11.9. The van der Waals surface area contributed by atoms with E-state index in [9.17, 15) is 14.4 Å². The molecule has 0 aliphatic carbocycles. The van der Waals surface area contributed by atoms with Crippen molar-refractivity contribution in [3.63, 3.8) is 0 Å². The largest absolute Gasteiger partial charge is 0.463 e. The molecule has 0 bridgehead atoms. The van der Waals surface area contributed by atoms with E-state index in [2.05, 4.69) is 10.6 Å². The van der Waals surface area contributed by atoms with Crippen molar-refractivity contribution in [3.05, 3.63) is 29.8 Å². The van der Waals surface area contributed by atoms with Crippen LogP contribution in [0, 0.1) is 0 Å². The van der Waals surface area contributed by atoms with Crippen LogP contribution in [0.2, 0.25) is 0 Å². The van der Waals surface area contributed by atoms with Gasteiger partial charge in [0.05, 0.1) is 13.0 Å². The minimum absolute atomic E-state index is 0.0275. The summed E-state index contributed by atoms with van der Waals surface area (Å²) in [4.78, 5) is 36.6. The molecule has 0 saturated carbocycles. The zero-order chi connectivity index (χ0) is 20.9. The van der Waals surface area contributed by atoms with Gasteiger partial charge in [0.25, 0.3) is 0 Å². The highest BCUT2D eigenvalue weighted by Gasteiger charge is 2.10. The fourth-order valence-corrected chi connectivity index (χ4v) is 2.39. The molecule has 2 amide bonds. The van der Waals surface area contributed by atoms with Crippen molar-refractivity contribution in [2.24, 2.45) is 0 Å². The summed E-state index contributed by atoms with van der Waals surface area (Å²) in [6, 6.07) is 7.45. The van der Waals surface area contributed by atoms with E-state index in [0.29, 0.717) is 25.1 Å². The van der Waals surface area contributed by atoms with Crippen LogP contribution in [0.25, 0.3) is 0 Å². The van der Waals surface area contributed by atoms with Gasteiger partial charge in [0.15, 0.2) is 5.11 Å². The topological polar surface area (TPSA) is 97.0 Å². The molecule has 8 nitrogen and oxygen atoms in total. The summed E-state index contributed by atoms with van der Waals surface area (Å²) in [6.07, 6.45) is 0.961. The van der Waals surface area contributed by atoms with E-state index in [1.165, 1.54) is 7.11 Å². The van der Waals surface area contributed by atoms with Gasteiger partial charge in [-0.05, 0) is 36.3 Å². The first-order valence-corrected chi connectivity index (χ1v) is 9.27. The lowest BCUT2D eigenvalue weighted by molar-refractivity contribution is -0.146. The molecule has 28 heavy (non-hydrogen) atoms. The molecule has 9 heteroatoms. The molecule has 2 N–H and O–H groups in total. The van der Waals surface area contributed by atoms with E-state index in [0.717, 1.165) is 5.56 Å². The standard InChI is InChI=1S/C19H27N3O5S/c1-22(2)17(24)9-7-14-5-4-6-15(13-14)20-19(28)21-16(23)8-10-18(25)27-12-11-26-3/h4-6,13H,7-12H2,1-3H3,(H2,20,21,23,28). The summed E-state index contributed by atoms with van der Waals surface area (Å²) >= 11 is 5.12. The molecule has 0 spiro atoms. The molecule has 0 saturated heterocycles. The van der Waals surface area contributed by atoms with Gasteiger partial charge in [-0.1, -0.05) is 12.1 Å². The van der Waals surface area contributed by atoms with Crippen LogP contribution < -0.4 is 10.6 Å². The van der Waals surface area contributed by atoms with Crippen LogP contribution in [-0.4, -0.2) is 62.2 Å². The molecule has 1 aromatic rings. The van der Waals surface area contributed by atoms with Gasteiger partial charge in [-0.15, -0.1) is 0 Å². The maximum atomic E-state index is 11.9. The predicted molar refractivity (Wildman–Crippen MR) is 110 cm³/mol. The number of benzene rings is 1. The van der Waals surface area contributed by atoms with E-state index in [1.54, 1.807) is 19.0 Å². The third-order valence-corrected chi connectivity index (χ3v) is 3.87. The Morgan fingerprint density at radius 2 is 1.86 bits per heavy atom. The highest BCUT2D eigenvalue weighted by molar-refractivity contribution is 7.80. The highest BCUT2D eigenvalue weighted by Crippen LogP contribution is 2.12. The summed E-state index contributed by atoms with van der Waals surface area (Å²) in [6.45, 7) is 0.474. The molecular formula is C19H27N3O5S. The smallest absolute Gasteiger partial charge is 0.306 e. The van der Waals surface area contributed by atoms with Gasteiger partial charge in [0.1, 0.15) is 6.61 Å². The second-order valence-corrected chi connectivity index (χ2v) is 6.61. The molecule has 154 valence electrons. The molecule has 1 aromatic carbocycles. The Morgan fingerprint density at radius 1 is 1.11 bits per heavy atom. The average Bonchev–Trinajstić information content (AvgIpc) is 2.64. The predicted octanol–water partition coefficient (Wildman–Crippen LogP) is 1.49. The fourth-order valence-electron chi connectivity index (χ4n) is 2.16. The number of aryl methyl sites for hydroxylation is 1. The van der Waals surface area contributed by atoms with Crippen molar-refractivity contribution in [1.29, 1.82) is 0 Å². The first kappa shape index (κ1) is 23.5. The molecule has 0 fully saturated rings. The first-order chi connectivity index (χ1) is 13.3. The molecule has 1 rings (SSSR count). The fraction of sp³-hybridized carbons (Fsp3) is 0.474. The van der Waals surface area contributed by atoms with Gasteiger partial charge in [0, 0.05) is 39.7 Å². The monoisotopic (exact) mass is 409 g/mol. The van der Waals surface area contributed by atoms with Gasteiger partial charge >= 0.3 is 5.97 Å². The minimum atomic E-state index is -0.467. The van der Waals surface area contributed by atoms with E-state index in [1.807, 2.05) is 24.3 Å². The molecule has 0 aliphatic heterocycles. The number of esters is 1. The van der Waals surface area contributed by atoms with Crippen molar-refractivity contribution >= 4 is 40.8 Å². The quantitative estimate of drug-likeness (QED) is 0.343. The number of rotatable bonds is 10. The number of thiocarbonyl (C=S) groups is 1. The molecule has 0 radical (unpaired) electrons. The molecule has 0 heterocycles. The lowest BCUT2D eigenvalue weighted by atomic mass is 10.1. The molecule has 0 atom stereocenters. The van der Waals surface area contributed by atoms with Crippen LogP contribution in [-0.2, 0) is 30.3 Å². The molecule has 0 aromatic heterocycles. The van der Waals surface area contributed by atoms with Crippen molar-refractivity contribution in [2.75, 3.05) is 39.7 Å². The van der Waals surface area contributed by atoms with Gasteiger partial charge < -0.3 is 25.0 Å². The normalized spacial score (nSPS) is 10.1. The van der Waals surface area contributed by atoms with E-state index in [-0.39, 0.29) is 36.4 Å². The molecule has 0 unspecified atom stereocenters. The lowest BCUT2D eigenvalue weighted by Gasteiger charge is -2.12. The number of nitrogens with one attached hydrogen (secondary N) is 2. The van der Waals surface area contributed by atoms with Crippen molar-refractivity contribution < 1.29 is 23.9 Å². The second-order valence-electron chi connectivity index (χ2n) is 6.20. The zero-order valence-electron chi connectivity index (χ0n) is 16.4. The van der Waals surface area contributed by atoms with Gasteiger partial charge in [-0.3, -0.25) is 14.4 Å². The second kappa shape index (κ2) is 12.8. The maximum Gasteiger partial charge on any atom is 0.306 e. The van der Waals surface area contributed by atoms with Crippen LogP contribution in [0.4, 0.5) is 5.69 Å². The summed E-state index contributed by atoms with van der Waals surface area (Å²) in [7, 11) is 4.95. The SMILES string of the molecule is COCCOC(=O)CCC(=O)NC(=S)Nc1cccc(CCC(=O)N(C)C)c1. The van der Waals surface area contributed by atoms with Crippen LogP contribution >= 0.6 is 12.2 Å². The zero-order valence-corrected chi connectivity index (χ0v) is 17.3. The summed E-state index contributed by atoms with van der Waals surface area (Å²) in [5, 5.41) is 5.59. The Hall–Kier alpha value is -2.52. The van der Waals surface area contributed by atoms with Gasteiger partial charge in [-0.2, -0.15) is 0 Å². The van der Waals surface area contributed by atoms with Crippen molar-refractivity contribution in [1.82, 2.24) is 10.2 Å². The Bertz CT molecular complexity index is 694. The number of hydrogen-bond donors (Lipinski definition) is 2. The van der Waals surface area contributed by atoms with E-state index in [4.69, 9.17) is 21.7 Å².